The molecule has 0 fully saturated rings. The molecule has 0 saturated heterocycles. The van der Waals surface area contributed by atoms with E-state index in [-0.39, 0.29) is 10.5 Å². The number of hydrogen-bond donors (Lipinski definition) is 0. The van der Waals surface area contributed by atoms with E-state index in [1.807, 2.05) is 6.92 Å². The first kappa shape index (κ1) is 21.1. The molecule has 0 N–H and O–H groups in total. The smallest absolute Gasteiger partial charge is 0.189 e. The second kappa shape index (κ2) is 8.84. The molecule has 6 heteroatoms. The van der Waals surface area contributed by atoms with Gasteiger partial charge in [0, 0.05) is 22.0 Å². The standard InChI is InChI=1S/C23H19BrO4S/c1-16-7-13-20(14-8-16)29(27,28)22(15-21(25)17-5-3-2-4-6-17)23(26)18-9-11-19(24)12-10-18/h2-14,22H,15H2,1H3/t22-/m1/s1. The number of rotatable bonds is 7. The third-order valence-electron chi connectivity index (χ3n) is 4.61. The molecule has 0 aliphatic heterocycles. The van der Waals surface area contributed by atoms with E-state index in [1.165, 1.54) is 12.1 Å². The number of halogens is 1. The lowest BCUT2D eigenvalue weighted by Gasteiger charge is -2.17. The fraction of sp³-hybridized carbons (Fsp3) is 0.130. The van der Waals surface area contributed by atoms with Gasteiger partial charge in [0.05, 0.1) is 4.90 Å². The molecule has 0 aliphatic rings. The molecule has 4 nitrogen and oxygen atoms in total. The first-order chi connectivity index (χ1) is 13.8. The number of hydrogen-bond acceptors (Lipinski definition) is 4. The Morgan fingerprint density at radius 2 is 1.41 bits per heavy atom. The van der Waals surface area contributed by atoms with Crippen molar-refractivity contribution in [2.45, 2.75) is 23.5 Å². The van der Waals surface area contributed by atoms with E-state index in [1.54, 1.807) is 66.7 Å². The van der Waals surface area contributed by atoms with Crippen LogP contribution in [0.25, 0.3) is 0 Å². The summed E-state index contributed by atoms with van der Waals surface area (Å²) in [5.74, 6) is -0.987. The molecule has 0 spiro atoms. The fourth-order valence-corrected chi connectivity index (χ4v) is 4.84. The molecule has 0 unspecified atom stereocenters. The van der Waals surface area contributed by atoms with Gasteiger partial charge in [-0.05, 0) is 31.2 Å². The van der Waals surface area contributed by atoms with Crippen molar-refractivity contribution in [1.29, 1.82) is 0 Å². The number of sulfone groups is 1. The zero-order valence-electron chi connectivity index (χ0n) is 15.7. The second-order valence-corrected chi connectivity index (χ2v) is 9.76. The van der Waals surface area contributed by atoms with Crippen molar-refractivity contribution in [2.75, 3.05) is 0 Å². The van der Waals surface area contributed by atoms with Gasteiger partial charge in [0.15, 0.2) is 21.4 Å². The summed E-state index contributed by atoms with van der Waals surface area (Å²) in [5, 5.41) is -1.50. The van der Waals surface area contributed by atoms with Crippen molar-refractivity contribution in [2.24, 2.45) is 0 Å². The molecule has 0 aliphatic carbocycles. The van der Waals surface area contributed by atoms with Crippen LogP contribution in [0.4, 0.5) is 0 Å². The van der Waals surface area contributed by atoms with Gasteiger partial charge in [0.25, 0.3) is 0 Å². The van der Waals surface area contributed by atoms with Crippen molar-refractivity contribution >= 4 is 37.3 Å². The summed E-state index contributed by atoms with van der Waals surface area (Å²) in [6.07, 6.45) is -0.422. The quantitative estimate of drug-likeness (QED) is 0.452. The Balaban J connectivity index is 2.03. The molecule has 0 aromatic heterocycles. The summed E-state index contributed by atoms with van der Waals surface area (Å²) in [6.45, 7) is 1.85. The van der Waals surface area contributed by atoms with Gasteiger partial charge >= 0.3 is 0 Å². The summed E-state index contributed by atoms with van der Waals surface area (Å²) in [7, 11) is -4.06. The van der Waals surface area contributed by atoms with Crippen LogP contribution in [0.15, 0.2) is 88.2 Å². The van der Waals surface area contributed by atoms with Gasteiger partial charge in [-0.1, -0.05) is 76.1 Å². The molecule has 0 amide bonds. The number of ketones is 2. The van der Waals surface area contributed by atoms with Crippen LogP contribution >= 0.6 is 15.9 Å². The Bertz CT molecular complexity index is 1120. The molecule has 3 aromatic rings. The van der Waals surface area contributed by atoms with Crippen molar-refractivity contribution in [3.63, 3.8) is 0 Å². The van der Waals surface area contributed by atoms with Crippen molar-refractivity contribution in [1.82, 2.24) is 0 Å². The molecule has 29 heavy (non-hydrogen) atoms. The Morgan fingerprint density at radius 3 is 2.00 bits per heavy atom. The van der Waals surface area contributed by atoms with Crippen LogP contribution in [0.3, 0.4) is 0 Å². The van der Waals surface area contributed by atoms with Crippen LogP contribution in [0.1, 0.15) is 32.7 Å². The lowest BCUT2D eigenvalue weighted by Crippen LogP contribution is -2.33. The zero-order chi connectivity index (χ0) is 21.0. The van der Waals surface area contributed by atoms with E-state index in [4.69, 9.17) is 0 Å². The normalized spacial score (nSPS) is 12.3. The number of Topliss-reactive ketones (excluding diaryl/α,β-unsaturated/α-hetero) is 2. The summed E-state index contributed by atoms with van der Waals surface area (Å²) >= 11 is 3.30. The van der Waals surface area contributed by atoms with Crippen LogP contribution in [-0.4, -0.2) is 25.2 Å². The second-order valence-electron chi connectivity index (χ2n) is 6.71. The average molecular weight is 471 g/mol. The van der Waals surface area contributed by atoms with Gasteiger partial charge in [0.2, 0.25) is 0 Å². The first-order valence-corrected chi connectivity index (χ1v) is 11.3. The molecule has 0 radical (unpaired) electrons. The zero-order valence-corrected chi connectivity index (χ0v) is 18.1. The maximum Gasteiger partial charge on any atom is 0.189 e. The number of carbonyl (C=O) groups is 2. The molecular formula is C23H19BrO4S. The lowest BCUT2D eigenvalue weighted by atomic mass is 10.0. The molecule has 0 saturated carbocycles. The molecule has 3 rings (SSSR count). The van der Waals surface area contributed by atoms with E-state index in [2.05, 4.69) is 15.9 Å². The van der Waals surface area contributed by atoms with E-state index >= 15 is 0 Å². The average Bonchev–Trinajstić information content (AvgIpc) is 2.72. The lowest BCUT2D eigenvalue weighted by molar-refractivity contribution is 0.0920. The van der Waals surface area contributed by atoms with Gasteiger partial charge in [-0.2, -0.15) is 0 Å². The SMILES string of the molecule is Cc1ccc(S(=O)(=O)[C@H](CC(=O)c2ccccc2)C(=O)c2ccc(Br)cc2)cc1. The van der Waals surface area contributed by atoms with E-state index < -0.39 is 33.1 Å². The van der Waals surface area contributed by atoms with Crippen LogP contribution in [0.2, 0.25) is 0 Å². The Morgan fingerprint density at radius 1 is 0.828 bits per heavy atom. The molecule has 3 aromatic carbocycles. The van der Waals surface area contributed by atoms with Gasteiger partial charge in [-0.3, -0.25) is 9.59 Å². The van der Waals surface area contributed by atoms with Gasteiger partial charge < -0.3 is 0 Å². The van der Waals surface area contributed by atoms with Gasteiger partial charge in [0.1, 0.15) is 5.25 Å². The van der Waals surface area contributed by atoms with E-state index in [0.717, 1.165) is 10.0 Å². The van der Waals surface area contributed by atoms with E-state index in [9.17, 15) is 18.0 Å². The fourth-order valence-electron chi connectivity index (χ4n) is 2.95. The van der Waals surface area contributed by atoms with Crippen LogP contribution in [0, 0.1) is 6.92 Å². The van der Waals surface area contributed by atoms with Crippen molar-refractivity contribution < 1.29 is 18.0 Å². The third kappa shape index (κ3) is 4.89. The Kier molecular flexibility index (Phi) is 6.45. The summed E-state index contributed by atoms with van der Waals surface area (Å²) in [5.41, 5.74) is 1.52. The summed E-state index contributed by atoms with van der Waals surface area (Å²) in [4.78, 5) is 25.9. The minimum Gasteiger partial charge on any atom is -0.294 e. The minimum absolute atomic E-state index is 0.0272. The highest BCUT2D eigenvalue weighted by atomic mass is 79.9. The highest BCUT2D eigenvalue weighted by molar-refractivity contribution is 9.10. The Labute approximate surface area is 178 Å². The van der Waals surface area contributed by atoms with Gasteiger partial charge in [-0.25, -0.2) is 8.42 Å². The molecular weight excluding hydrogens is 452 g/mol. The maximum absolute atomic E-state index is 13.3. The molecule has 1 atom stereocenters. The van der Waals surface area contributed by atoms with Crippen LogP contribution < -0.4 is 0 Å². The van der Waals surface area contributed by atoms with Crippen LogP contribution in [-0.2, 0) is 9.84 Å². The molecule has 0 bridgehead atoms. The Hall–Kier alpha value is -2.57. The van der Waals surface area contributed by atoms with Crippen molar-refractivity contribution in [3.8, 4) is 0 Å². The topological polar surface area (TPSA) is 68.3 Å². The van der Waals surface area contributed by atoms with E-state index in [0.29, 0.717) is 5.56 Å². The van der Waals surface area contributed by atoms with Crippen molar-refractivity contribution in [3.05, 3.63) is 100 Å². The third-order valence-corrected chi connectivity index (χ3v) is 7.20. The number of carbonyl (C=O) groups excluding carboxylic acids is 2. The van der Waals surface area contributed by atoms with Crippen LogP contribution in [0.5, 0.6) is 0 Å². The van der Waals surface area contributed by atoms with Gasteiger partial charge in [-0.15, -0.1) is 0 Å². The molecule has 0 heterocycles. The largest absolute Gasteiger partial charge is 0.294 e. The minimum atomic E-state index is -4.06. The molecule has 148 valence electrons. The highest BCUT2D eigenvalue weighted by Crippen LogP contribution is 2.25. The summed E-state index contributed by atoms with van der Waals surface area (Å²) < 4.78 is 27.4. The monoisotopic (exact) mass is 470 g/mol. The predicted molar refractivity (Wildman–Crippen MR) is 116 cm³/mol. The number of aryl methyl sites for hydroxylation is 1. The predicted octanol–water partition coefficient (Wildman–Crippen LogP) is 5.06. The highest BCUT2D eigenvalue weighted by Gasteiger charge is 2.36. The maximum atomic E-state index is 13.3. The summed E-state index contributed by atoms with van der Waals surface area (Å²) in [6, 6.07) is 21.1. The number of benzene rings is 3. The first-order valence-electron chi connectivity index (χ1n) is 8.97.